The van der Waals surface area contributed by atoms with E-state index in [4.69, 9.17) is 4.18 Å². The summed E-state index contributed by atoms with van der Waals surface area (Å²) in [4.78, 5) is 0. The standard InChI is InChI=1S/C13H12OS.BF4/c15-14-13(11-7-3-1-4-8-11)12-9-5-2-6-10-12;2-1(3,4)5/h1-10,13,15H;/q;-1/p+1. The zero-order valence-electron chi connectivity index (χ0n) is 10.3. The van der Waals surface area contributed by atoms with Crippen molar-refractivity contribution in [2.24, 2.45) is 0 Å². The van der Waals surface area contributed by atoms with E-state index in [1.807, 2.05) is 36.4 Å². The normalized spacial score (nSPS) is 10.9. The van der Waals surface area contributed by atoms with E-state index in [1.54, 1.807) is 0 Å². The van der Waals surface area contributed by atoms with Crippen LogP contribution in [0.2, 0.25) is 0 Å². The molecule has 0 spiro atoms. The van der Waals surface area contributed by atoms with E-state index >= 15 is 0 Å². The summed E-state index contributed by atoms with van der Waals surface area (Å²) in [7, 11) is -6.00. The Kier molecular flexibility index (Phi) is 6.61. The maximum Gasteiger partial charge on any atom is 0.673 e. The van der Waals surface area contributed by atoms with Gasteiger partial charge in [-0.1, -0.05) is 60.7 Å². The molecule has 2 aromatic rings. The first-order chi connectivity index (χ1) is 9.42. The zero-order chi connectivity index (χ0) is 15.0. The molecule has 0 radical (unpaired) electrons. The smallest absolute Gasteiger partial charge is 0.418 e. The van der Waals surface area contributed by atoms with Crippen LogP contribution in [0, 0.1) is 0 Å². The Morgan fingerprint density at radius 3 is 1.30 bits per heavy atom. The van der Waals surface area contributed by atoms with Gasteiger partial charge in [-0.05, 0) is 11.1 Å². The Labute approximate surface area is 120 Å². The predicted octanol–water partition coefficient (Wildman–Crippen LogP) is 4.02. The summed E-state index contributed by atoms with van der Waals surface area (Å²) in [5.74, 6) is 0. The van der Waals surface area contributed by atoms with Gasteiger partial charge in [0.2, 0.25) is 0 Å². The minimum atomic E-state index is -6.00. The molecule has 108 valence electrons. The minimum absolute atomic E-state index is 0.0518. The van der Waals surface area contributed by atoms with Crippen molar-refractivity contribution in [2.75, 3.05) is 0 Å². The Morgan fingerprint density at radius 2 is 1.05 bits per heavy atom. The fourth-order valence-corrected chi connectivity index (χ4v) is 1.86. The number of benzene rings is 2. The molecule has 1 nitrogen and oxygen atoms in total. The number of halogens is 4. The van der Waals surface area contributed by atoms with Gasteiger partial charge in [0.25, 0.3) is 0 Å². The molecular weight excluding hydrogens is 291 g/mol. The summed E-state index contributed by atoms with van der Waals surface area (Å²) < 4.78 is 44.3. The van der Waals surface area contributed by atoms with Gasteiger partial charge in [-0.2, -0.15) is 4.18 Å². The molecule has 0 saturated carbocycles. The Bertz CT molecular complexity index is 447. The van der Waals surface area contributed by atoms with E-state index in [0.717, 1.165) is 11.1 Å². The first-order valence-corrected chi connectivity index (χ1v) is 6.12. The third kappa shape index (κ3) is 6.63. The van der Waals surface area contributed by atoms with E-state index < -0.39 is 7.25 Å². The lowest BCUT2D eigenvalue weighted by molar-refractivity contribution is 0.300. The van der Waals surface area contributed by atoms with Crippen LogP contribution in [-0.2, 0) is 17.1 Å². The van der Waals surface area contributed by atoms with Crippen molar-refractivity contribution in [2.45, 2.75) is 6.10 Å². The molecule has 0 fully saturated rings. The van der Waals surface area contributed by atoms with Crippen LogP contribution >= 0.6 is 0 Å². The molecule has 0 N–H and O–H groups in total. The van der Waals surface area contributed by atoms with Gasteiger partial charge in [-0.25, -0.2) is 0 Å². The van der Waals surface area contributed by atoms with Gasteiger partial charge in [0, 0.05) is 0 Å². The lowest BCUT2D eigenvalue weighted by Crippen LogP contribution is -2.02. The highest BCUT2D eigenvalue weighted by atomic mass is 32.1. The molecule has 0 saturated heterocycles. The van der Waals surface area contributed by atoms with Gasteiger partial charge < -0.3 is 17.3 Å². The van der Waals surface area contributed by atoms with Gasteiger partial charge >= 0.3 is 7.25 Å². The maximum absolute atomic E-state index is 9.75. The van der Waals surface area contributed by atoms with Gasteiger partial charge in [0.05, 0.1) is 0 Å². The number of rotatable bonds is 3. The average molecular weight is 304 g/mol. The largest absolute Gasteiger partial charge is 0.673 e. The van der Waals surface area contributed by atoms with Gasteiger partial charge in [0.1, 0.15) is 12.9 Å². The van der Waals surface area contributed by atoms with Crippen LogP contribution in [0.4, 0.5) is 17.3 Å². The van der Waals surface area contributed by atoms with E-state index in [0.29, 0.717) is 0 Å². The molecule has 0 aliphatic heterocycles. The summed E-state index contributed by atoms with van der Waals surface area (Å²) in [6, 6.07) is 20.3. The highest BCUT2D eigenvalue weighted by Crippen LogP contribution is 2.24. The molecule has 2 aromatic carbocycles. The molecule has 0 aliphatic carbocycles. The summed E-state index contributed by atoms with van der Waals surface area (Å²) in [6.45, 7) is 0. The van der Waals surface area contributed by atoms with Crippen LogP contribution < -0.4 is 0 Å². The van der Waals surface area contributed by atoms with Crippen LogP contribution in [0.3, 0.4) is 0 Å². The number of hydrogen-bond acceptors (Lipinski definition) is 1. The molecule has 0 heterocycles. The molecule has 2 rings (SSSR count). The van der Waals surface area contributed by atoms with Crippen molar-refractivity contribution in [3.63, 3.8) is 0 Å². The molecule has 0 aromatic heterocycles. The Balaban J connectivity index is 0.000000347. The maximum atomic E-state index is 9.75. The van der Waals surface area contributed by atoms with Crippen LogP contribution in [0.25, 0.3) is 0 Å². The Morgan fingerprint density at radius 1 is 0.750 bits per heavy atom. The lowest BCUT2D eigenvalue weighted by atomic mass is 10.0. The number of hydrogen-bond donors (Lipinski definition) is 0. The predicted molar refractivity (Wildman–Crippen MR) is 76.2 cm³/mol. The molecule has 0 aliphatic rings. The third-order valence-corrected chi connectivity index (χ3v) is 2.56. The third-order valence-electron chi connectivity index (χ3n) is 2.32. The summed E-state index contributed by atoms with van der Waals surface area (Å²) >= 11 is 3.14. The summed E-state index contributed by atoms with van der Waals surface area (Å²) in [5.41, 5.74) is 2.28. The van der Waals surface area contributed by atoms with Crippen LogP contribution in [0.1, 0.15) is 17.2 Å². The topological polar surface area (TPSA) is 9.23 Å². The monoisotopic (exact) mass is 304 g/mol. The molecule has 0 bridgehead atoms. The zero-order valence-corrected chi connectivity index (χ0v) is 11.3. The minimum Gasteiger partial charge on any atom is -0.418 e. The van der Waals surface area contributed by atoms with E-state index in [1.165, 1.54) is 0 Å². The first-order valence-electron chi connectivity index (χ1n) is 5.71. The van der Waals surface area contributed by atoms with Crippen molar-refractivity contribution in [1.29, 1.82) is 0 Å². The second-order valence-corrected chi connectivity index (χ2v) is 4.05. The first kappa shape index (κ1) is 16.6. The van der Waals surface area contributed by atoms with Crippen LogP contribution in [-0.4, -0.2) is 7.25 Å². The van der Waals surface area contributed by atoms with Crippen molar-refractivity contribution >= 4 is 20.2 Å². The molecule has 0 atom stereocenters. The van der Waals surface area contributed by atoms with Crippen molar-refractivity contribution < 1.29 is 21.4 Å². The summed E-state index contributed by atoms with van der Waals surface area (Å²) in [5, 5.41) is 0. The van der Waals surface area contributed by atoms with E-state index in [2.05, 4.69) is 37.2 Å². The van der Waals surface area contributed by atoms with Gasteiger partial charge in [-0.15, -0.1) is 0 Å². The molecule has 7 heteroatoms. The molecular formula is C13H13BF4OS. The highest BCUT2D eigenvalue weighted by Gasteiger charge is 2.20. The van der Waals surface area contributed by atoms with Gasteiger partial charge in [-0.3, -0.25) is 0 Å². The molecule has 20 heavy (non-hydrogen) atoms. The quantitative estimate of drug-likeness (QED) is 0.473. The SMILES string of the molecule is F[B-](F)(F)F.[SH2+]OC(c1ccccc1)c1ccccc1. The average Bonchev–Trinajstić information content (AvgIpc) is 2.40. The fraction of sp³-hybridized carbons (Fsp3) is 0.0769. The lowest BCUT2D eigenvalue weighted by Gasteiger charge is -2.11. The second kappa shape index (κ2) is 7.96. The van der Waals surface area contributed by atoms with Crippen molar-refractivity contribution in [3.05, 3.63) is 71.8 Å². The van der Waals surface area contributed by atoms with Crippen molar-refractivity contribution in [1.82, 2.24) is 0 Å². The van der Waals surface area contributed by atoms with Crippen LogP contribution in [0.15, 0.2) is 60.7 Å². The molecule has 0 unspecified atom stereocenters. The van der Waals surface area contributed by atoms with E-state index in [-0.39, 0.29) is 6.10 Å². The van der Waals surface area contributed by atoms with Gasteiger partial charge in [0.15, 0.2) is 6.10 Å². The second-order valence-electron chi connectivity index (χ2n) is 3.81. The van der Waals surface area contributed by atoms with Crippen molar-refractivity contribution in [3.8, 4) is 0 Å². The Hall–Kier alpha value is -1.47. The fourth-order valence-electron chi connectivity index (χ4n) is 1.58. The summed E-state index contributed by atoms with van der Waals surface area (Å²) in [6.07, 6.45) is -0.0518. The highest BCUT2D eigenvalue weighted by molar-refractivity contribution is 7.53. The van der Waals surface area contributed by atoms with E-state index in [9.17, 15) is 17.3 Å². The molecule has 0 amide bonds. The van der Waals surface area contributed by atoms with Crippen LogP contribution in [0.5, 0.6) is 0 Å².